The maximum atomic E-state index is 14.7. The Labute approximate surface area is 313 Å². The highest BCUT2D eigenvalue weighted by molar-refractivity contribution is 6.37. The number of unbranched alkanes of at least 4 members (excludes halogenated alkanes) is 1. The lowest BCUT2D eigenvalue weighted by Gasteiger charge is -2.32. The van der Waals surface area contributed by atoms with Crippen molar-refractivity contribution in [2.24, 2.45) is 11.7 Å². The van der Waals surface area contributed by atoms with Gasteiger partial charge in [0.1, 0.15) is 23.4 Å². The number of carbonyl (C=O) groups excluding carboxylic acids is 5. The summed E-state index contributed by atoms with van der Waals surface area (Å²) in [5, 5.41) is 37.4. The zero-order valence-electron chi connectivity index (χ0n) is 30.7. The molecule has 2 aromatic carbocycles. The zero-order chi connectivity index (χ0) is 39.0. The Morgan fingerprint density at radius 3 is 2.35 bits per heavy atom. The predicted octanol–water partition coefficient (Wildman–Crippen LogP) is 2.55. The molecule has 16 nitrogen and oxygen atoms in total. The molecule has 16 heteroatoms. The van der Waals surface area contributed by atoms with Crippen LogP contribution in [0.15, 0.2) is 48.7 Å². The average Bonchev–Trinajstić information content (AvgIpc) is 3.82. The third-order valence-corrected chi connectivity index (χ3v) is 10.4. The van der Waals surface area contributed by atoms with Crippen molar-refractivity contribution in [1.29, 1.82) is 0 Å². The molecule has 1 aromatic heterocycles. The largest absolute Gasteiger partial charge is 0.465 e. The number of carboxylic acid groups (broad SMARTS) is 1. The maximum absolute atomic E-state index is 14.7. The first-order chi connectivity index (χ1) is 25.7. The Hall–Kier alpha value is -5.38. The fourth-order valence-corrected chi connectivity index (χ4v) is 7.36. The predicted molar refractivity (Wildman–Crippen MR) is 197 cm³/mol. The fraction of sp³-hybridized carbons (Fsp3) is 0.526. The molecule has 1 saturated carbocycles. The number of ketones is 1. The van der Waals surface area contributed by atoms with E-state index in [0.717, 1.165) is 42.9 Å². The lowest BCUT2D eigenvalue weighted by atomic mass is 9.84. The number of carbonyl (C=O) groups is 6. The van der Waals surface area contributed by atoms with Gasteiger partial charge >= 0.3 is 6.09 Å². The normalized spacial score (nSPS) is 18.8. The van der Waals surface area contributed by atoms with Crippen LogP contribution in [-0.2, 0) is 24.8 Å². The minimum atomic E-state index is -1.31. The van der Waals surface area contributed by atoms with Gasteiger partial charge in [-0.1, -0.05) is 67.6 Å². The summed E-state index contributed by atoms with van der Waals surface area (Å²) in [7, 11) is 0. The van der Waals surface area contributed by atoms with Crippen LogP contribution in [0.1, 0.15) is 100 Å². The van der Waals surface area contributed by atoms with Crippen LogP contribution in [-0.4, -0.2) is 96.8 Å². The van der Waals surface area contributed by atoms with Gasteiger partial charge in [-0.15, -0.1) is 5.10 Å². The minimum Gasteiger partial charge on any atom is -0.465 e. The van der Waals surface area contributed by atoms with E-state index in [1.54, 1.807) is 32.2 Å². The van der Waals surface area contributed by atoms with Crippen molar-refractivity contribution >= 4 is 46.3 Å². The molecule has 1 aliphatic heterocycles. The molecular weight excluding hydrogens is 696 g/mol. The van der Waals surface area contributed by atoms with Crippen molar-refractivity contribution < 1.29 is 39.0 Å². The van der Waals surface area contributed by atoms with E-state index in [1.165, 1.54) is 9.58 Å². The van der Waals surface area contributed by atoms with Crippen LogP contribution in [0, 0.1) is 5.92 Å². The number of primary amides is 1. The van der Waals surface area contributed by atoms with Crippen molar-refractivity contribution in [1.82, 2.24) is 35.8 Å². The van der Waals surface area contributed by atoms with Gasteiger partial charge in [-0.2, -0.15) is 0 Å². The molecule has 1 aliphatic carbocycles. The third kappa shape index (κ3) is 10.2. The molecule has 0 spiro atoms. The van der Waals surface area contributed by atoms with E-state index < -0.39 is 65.3 Å². The molecule has 54 heavy (non-hydrogen) atoms. The SMILES string of the molecule is CC(C)(O)c1cn([C@H]2C[C@@H](C(=O)NC(CCCCNC(=O)O)C(=O)C(N)=O)N(C(=O)C(CC3CCCCC3)NC(=O)c3ccc4ccccc4c3)C2)nn1. The van der Waals surface area contributed by atoms with Gasteiger partial charge in [-0.3, -0.25) is 24.0 Å². The van der Waals surface area contributed by atoms with E-state index >= 15 is 0 Å². The number of nitrogens with zero attached hydrogens (tertiary/aromatic N) is 4. The van der Waals surface area contributed by atoms with Gasteiger partial charge in [0, 0.05) is 25.1 Å². The molecule has 3 aromatic rings. The lowest BCUT2D eigenvalue weighted by Crippen LogP contribution is -2.56. The molecule has 2 fully saturated rings. The van der Waals surface area contributed by atoms with Crippen molar-refractivity contribution in [3.8, 4) is 0 Å². The maximum Gasteiger partial charge on any atom is 0.404 e. The second-order valence-corrected chi connectivity index (χ2v) is 14.9. The van der Waals surface area contributed by atoms with Gasteiger partial charge in [0.15, 0.2) is 0 Å². The van der Waals surface area contributed by atoms with Crippen LogP contribution in [0.5, 0.6) is 0 Å². The quantitative estimate of drug-likeness (QED) is 0.0925. The van der Waals surface area contributed by atoms with E-state index in [4.69, 9.17) is 10.8 Å². The molecule has 5 rings (SSSR count). The molecule has 2 aliphatic rings. The topological polar surface area (TPSA) is 239 Å². The molecule has 7 N–H and O–H groups in total. The summed E-state index contributed by atoms with van der Waals surface area (Å²) in [4.78, 5) is 79.7. The molecule has 290 valence electrons. The second kappa shape index (κ2) is 17.6. The molecular formula is C38H50N8O8. The number of nitrogens with two attached hydrogens (primary N) is 1. The molecule has 4 atom stereocenters. The van der Waals surface area contributed by atoms with Crippen LogP contribution in [0.3, 0.4) is 0 Å². The average molecular weight is 747 g/mol. The number of Topliss-reactive ketones (excluding diaryl/α,β-unsaturated/α-hetero) is 1. The molecule has 5 amide bonds. The molecule has 1 saturated heterocycles. The number of rotatable bonds is 16. The van der Waals surface area contributed by atoms with Gasteiger partial charge in [0.05, 0.1) is 18.3 Å². The third-order valence-electron chi connectivity index (χ3n) is 10.4. The van der Waals surface area contributed by atoms with Crippen LogP contribution in [0.25, 0.3) is 10.8 Å². The number of nitrogens with one attached hydrogen (secondary N) is 3. The summed E-state index contributed by atoms with van der Waals surface area (Å²) < 4.78 is 1.49. The summed E-state index contributed by atoms with van der Waals surface area (Å²) in [5.74, 6) is -3.69. The summed E-state index contributed by atoms with van der Waals surface area (Å²) in [6, 6.07) is 8.98. The fourth-order valence-electron chi connectivity index (χ4n) is 7.36. The van der Waals surface area contributed by atoms with Crippen LogP contribution >= 0.6 is 0 Å². The van der Waals surface area contributed by atoms with E-state index in [-0.39, 0.29) is 44.0 Å². The standard InChI is InChI=1S/C38H50N8O8/c1-38(2,54)31-22-46(44-43-31)27-20-30(35(50)41-28(32(47)33(39)48)14-8-9-17-40-37(52)53)45(21-27)36(51)29(18-23-10-4-3-5-11-23)42-34(49)26-16-15-24-12-6-7-13-25(24)19-26/h6-7,12-13,15-16,19,22-23,27-30,40,54H,3-5,8-11,14,17-18,20-21H2,1-2H3,(H2,39,48)(H,41,50)(H,42,49)(H,52,53)/t27-,28?,29?,30-/m0/s1. The number of amides is 5. The molecule has 2 unspecified atom stereocenters. The van der Waals surface area contributed by atoms with Gasteiger partial charge in [0.25, 0.3) is 11.8 Å². The van der Waals surface area contributed by atoms with E-state index in [9.17, 15) is 33.9 Å². The number of hydrogen-bond acceptors (Lipinski definition) is 9. The van der Waals surface area contributed by atoms with Crippen molar-refractivity contribution in [3.05, 3.63) is 59.9 Å². The highest BCUT2D eigenvalue weighted by Gasteiger charge is 2.45. The van der Waals surface area contributed by atoms with Gasteiger partial charge in [-0.05, 0) is 68.4 Å². The number of aromatic nitrogens is 3. The summed E-state index contributed by atoms with van der Waals surface area (Å²) in [6.45, 7) is 3.23. The lowest BCUT2D eigenvalue weighted by molar-refractivity contribution is -0.142. The Morgan fingerprint density at radius 1 is 0.963 bits per heavy atom. The Balaban J connectivity index is 1.42. The number of hydrogen-bond donors (Lipinski definition) is 6. The van der Waals surface area contributed by atoms with Crippen LogP contribution < -0.4 is 21.7 Å². The monoisotopic (exact) mass is 746 g/mol. The summed E-state index contributed by atoms with van der Waals surface area (Å²) in [5.41, 5.74) is 4.70. The van der Waals surface area contributed by atoms with Crippen molar-refractivity contribution in [2.45, 2.75) is 108 Å². The Bertz CT molecular complexity index is 1850. The highest BCUT2D eigenvalue weighted by atomic mass is 16.4. The van der Waals surface area contributed by atoms with E-state index in [1.807, 2.05) is 30.3 Å². The highest BCUT2D eigenvalue weighted by Crippen LogP contribution is 2.32. The smallest absolute Gasteiger partial charge is 0.404 e. The van der Waals surface area contributed by atoms with E-state index in [0.29, 0.717) is 18.4 Å². The van der Waals surface area contributed by atoms with Crippen molar-refractivity contribution in [2.75, 3.05) is 13.1 Å². The van der Waals surface area contributed by atoms with Gasteiger partial charge in [0.2, 0.25) is 17.6 Å². The number of likely N-dealkylation sites (tertiary alicyclic amines) is 1. The summed E-state index contributed by atoms with van der Waals surface area (Å²) in [6.07, 6.45) is 6.32. The first-order valence-corrected chi connectivity index (χ1v) is 18.6. The minimum absolute atomic E-state index is 0.00302. The Morgan fingerprint density at radius 2 is 1.69 bits per heavy atom. The Kier molecular flexibility index (Phi) is 13.0. The number of benzene rings is 2. The number of fused-ring (bicyclic) bond motifs is 1. The van der Waals surface area contributed by atoms with Crippen LogP contribution in [0.4, 0.5) is 4.79 Å². The first kappa shape index (κ1) is 39.8. The zero-order valence-corrected chi connectivity index (χ0v) is 30.7. The van der Waals surface area contributed by atoms with Gasteiger partial charge < -0.3 is 36.8 Å². The van der Waals surface area contributed by atoms with Gasteiger partial charge in [-0.25, -0.2) is 9.48 Å². The molecule has 0 radical (unpaired) electrons. The molecule has 0 bridgehead atoms. The molecule has 2 heterocycles. The number of aliphatic hydroxyl groups is 1. The van der Waals surface area contributed by atoms with Crippen LogP contribution in [0.2, 0.25) is 0 Å². The van der Waals surface area contributed by atoms with Crippen molar-refractivity contribution in [3.63, 3.8) is 0 Å². The summed E-state index contributed by atoms with van der Waals surface area (Å²) >= 11 is 0. The van der Waals surface area contributed by atoms with E-state index in [2.05, 4.69) is 26.3 Å². The second-order valence-electron chi connectivity index (χ2n) is 14.9. The first-order valence-electron chi connectivity index (χ1n) is 18.6.